The first-order valence-corrected chi connectivity index (χ1v) is 9.09. The first-order chi connectivity index (χ1) is 13.6. The number of rotatable bonds is 4. The van der Waals surface area contributed by atoms with Gasteiger partial charge in [0, 0.05) is 22.7 Å². The third kappa shape index (κ3) is 3.28. The Morgan fingerprint density at radius 3 is 2.32 bits per heavy atom. The van der Waals surface area contributed by atoms with E-state index < -0.39 is 0 Å². The van der Waals surface area contributed by atoms with Crippen LogP contribution in [-0.2, 0) is 0 Å². The van der Waals surface area contributed by atoms with Gasteiger partial charge < -0.3 is 10.2 Å². The fourth-order valence-electron chi connectivity index (χ4n) is 2.89. The van der Waals surface area contributed by atoms with Crippen molar-refractivity contribution in [1.29, 1.82) is 0 Å². The van der Waals surface area contributed by atoms with E-state index in [1.807, 2.05) is 30.3 Å². The Kier molecular flexibility index (Phi) is 4.90. The molecule has 6 nitrogen and oxygen atoms in total. The Morgan fingerprint density at radius 2 is 1.64 bits per heavy atom. The molecule has 0 amide bonds. The quantitative estimate of drug-likeness (QED) is 0.531. The summed E-state index contributed by atoms with van der Waals surface area (Å²) < 4.78 is 1.10. The average Bonchev–Trinajstić information content (AvgIpc) is 2.68. The van der Waals surface area contributed by atoms with Gasteiger partial charge in [0.05, 0.1) is 15.7 Å². The lowest BCUT2D eigenvalue weighted by atomic mass is 10.1. The Morgan fingerprint density at radius 1 is 0.929 bits per heavy atom. The third-order valence-corrected chi connectivity index (χ3v) is 4.75. The van der Waals surface area contributed by atoms with Gasteiger partial charge in [0.2, 0.25) is 5.95 Å². The van der Waals surface area contributed by atoms with Gasteiger partial charge in [-0.2, -0.15) is 4.98 Å². The Labute approximate surface area is 170 Å². The zero-order valence-electron chi connectivity index (χ0n) is 14.7. The second-order valence-corrected chi connectivity index (χ2v) is 6.68. The predicted octanol–water partition coefficient (Wildman–Crippen LogP) is 4.57. The van der Waals surface area contributed by atoms with Gasteiger partial charge in [0.25, 0.3) is 5.56 Å². The van der Waals surface area contributed by atoms with Crippen molar-refractivity contribution in [2.45, 2.75) is 0 Å². The van der Waals surface area contributed by atoms with Crippen molar-refractivity contribution in [2.24, 2.45) is 0 Å². The predicted molar refractivity (Wildman–Crippen MR) is 111 cm³/mol. The van der Waals surface area contributed by atoms with Gasteiger partial charge in [0.1, 0.15) is 7.11 Å². The highest BCUT2D eigenvalue weighted by Gasteiger charge is 2.18. The lowest BCUT2D eigenvalue weighted by Crippen LogP contribution is -2.25. The van der Waals surface area contributed by atoms with Crippen LogP contribution < -0.4 is 15.7 Å². The van der Waals surface area contributed by atoms with Crippen molar-refractivity contribution < 1.29 is 4.84 Å². The Bertz CT molecular complexity index is 1210. The van der Waals surface area contributed by atoms with Gasteiger partial charge >= 0.3 is 0 Å². The highest BCUT2D eigenvalue weighted by atomic mass is 35.5. The summed E-state index contributed by atoms with van der Waals surface area (Å²) in [6.45, 7) is 0. The number of halogens is 2. The number of anilines is 2. The molecule has 2 aromatic carbocycles. The number of nitrogens with one attached hydrogen (secondary N) is 1. The highest BCUT2D eigenvalue weighted by Crippen LogP contribution is 2.37. The van der Waals surface area contributed by atoms with Crippen molar-refractivity contribution in [2.75, 3.05) is 12.4 Å². The van der Waals surface area contributed by atoms with Gasteiger partial charge in [-0.25, -0.2) is 4.98 Å². The maximum absolute atomic E-state index is 12.2. The molecule has 0 spiro atoms. The van der Waals surface area contributed by atoms with E-state index in [0.29, 0.717) is 32.3 Å². The minimum absolute atomic E-state index is 0.279. The molecular formula is C20H14Cl2N4O2. The zero-order valence-corrected chi connectivity index (χ0v) is 16.2. The molecule has 0 bridgehead atoms. The van der Waals surface area contributed by atoms with Crippen LogP contribution in [0.4, 0.5) is 11.6 Å². The van der Waals surface area contributed by atoms with Gasteiger partial charge in [0.15, 0.2) is 5.65 Å². The van der Waals surface area contributed by atoms with Crippen molar-refractivity contribution >= 4 is 45.9 Å². The molecule has 4 aromatic rings. The van der Waals surface area contributed by atoms with Crippen LogP contribution >= 0.6 is 23.2 Å². The van der Waals surface area contributed by atoms with Gasteiger partial charge in [-0.15, -0.1) is 4.73 Å². The normalized spacial score (nSPS) is 10.8. The average molecular weight is 413 g/mol. The van der Waals surface area contributed by atoms with E-state index in [1.165, 1.54) is 13.2 Å². The van der Waals surface area contributed by atoms with Crippen LogP contribution in [-0.4, -0.2) is 21.8 Å². The molecule has 0 fully saturated rings. The lowest BCUT2D eigenvalue weighted by Gasteiger charge is -2.14. The van der Waals surface area contributed by atoms with Gasteiger partial charge in [-0.1, -0.05) is 47.5 Å². The number of aromatic nitrogens is 3. The fourth-order valence-corrected chi connectivity index (χ4v) is 3.47. The molecule has 0 saturated carbocycles. The van der Waals surface area contributed by atoms with E-state index in [9.17, 15) is 4.79 Å². The van der Waals surface area contributed by atoms with Crippen LogP contribution in [0.1, 0.15) is 0 Å². The molecule has 140 valence electrons. The summed E-state index contributed by atoms with van der Waals surface area (Å²) in [6, 6.07) is 17.7. The molecular weight excluding hydrogens is 399 g/mol. The topological polar surface area (TPSA) is 69.0 Å². The molecule has 2 heterocycles. The minimum Gasteiger partial charge on any atom is -0.412 e. The van der Waals surface area contributed by atoms with Crippen LogP contribution in [0.15, 0.2) is 65.5 Å². The van der Waals surface area contributed by atoms with Gasteiger partial charge in [-0.05, 0) is 30.3 Å². The maximum atomic E-state index is 12.2. The van der Waals surface area contributed by atoms with Crippen LogP contribution in [0.25, 0.3) is 22.3 Å². The second-order valence-electron chi connectivity index (χ2n) is 5.87. The number of nitrogens with zero attached hydrogens (tertiary/aromatic N) is 3. The summed E-state index contributed by atoms with van der Waals surface area (Å²) in [7, 11) is 1.40. The van der Waals surface area contributed by atoms with E-state index in [0.717, 1.165) is 10.4 Å². The van der Waals surface area contributed by atoms with Crippen molar-refractivity contribution in [3.8, 4) is 11.3 Å². The SMILES string of the molecule is COn1c(=O)ccc2c(-c3c(Cl)cccc3Cl)nc(Nc3ccccc3)nc21. The molecule has 0 aliphatic rings. The fraction of sp³-hybridized carbons (Fsp3) is 0.0500. The summed E-state index contributed by atoms with van der Waals surface area (Å²) in [5.41, 5.74) is 1.78. The number of pyridine rings is 1. The summed E-state index contributed by atoms with van der Waals surface area (Å²) in [6.07, 6.45) is 0. The number of para-hydroxylation sites is 1. The first-order valence-electron chi connectivity index (χ1n) is 8.33. The first kappa shape index (κ1) is 18.3. The molecule has 4 rings (SSSR count). The van der Waals surface area contributed by atoms with Crippen LogP contribution in [0, 0.1) is 0 Å². The van der Waals surface area contributed by atoms with Crippen LogP contribution in [0.5, 0.6) is 0 Å². The van der Waals surface area contributed by atoms with Crippen LogP contribution in [0.3, 0.4) is 0 Å². The Hall–Kier alpha value is -3.09. The molecule has 8 heteroatoms. The van der Waals surface area contributed by atoms with E-state index >= 15 is 0 Å². The Balaban J connectivity index is 2.03. The minimum atomic E-state index is -0.351. The standard InChI is InChI=1S/C20H14Cl2N4O2/c1-28-26-16(27)11-10-13-18(17-14(21)8-5-9-15(17)22)24-20(25-19(13)26)23-12-6-3-2-4-7-12/h2-11H,1H3,(H,23,24,25). The smallest absolute Gasteiger partial charge is 0.285 e. The van der Waals surface area contributed by atoms with Gasteiger partial charge in [-0.3, -0.25) is 4.79 Å². The van der Waals surface area contributed by atoms with Crippen molar-refractivity contribution in [3.63, 3.8) is 0 Å². The number of fused-ring (bicyclic) bond motifs is 1. The van der Waals surface area contributed by atoms with Crippen LogP contribution in [0.2, 0.25) is 10.0 Å². The summed E-state index contributed by atoms with van der Waals surface area (Å²) in [4.78, 5) is 26.6. The molecule has 0 aliphatic heterocycles. The maximum Gasteiger partial charge on any atom is 0.285 e. The van der Waals surface area contributed by atoms with E-state index in [4.69, 9.17) is 28.0 Å². The second kappa shape index (κ2) is 7.50. The largest absolute Gasteiger partial charge is 0.412 e. The molecule has 0 radical (unpaired) electrons. The number of benzene rings is 2. The number of hydrogen-bond donors (Lipinski definition) is 1. The van der Waals surface area contributed by atoms with Crippen molar-refractivity contribution in [3.05, 3.63) is 81.1 Å². The molecule has 0 saturated heterocycles. The summed E-state index contributed by atoms with van der Waals surface area (Å²) in [5.74, 6) is 0.279. The molecule has 0 unspecified atom stereocenters. The summed E-state index contributed by atoms with van der Waals surface area (Å²) in [5, 5.41) is 4.59. The monoisotopic (exact) mass is 412 g/mol. The van der Waals surface area contributed by atoms with Crippen molar-refractivity contribution in [1.82, 2.24) is 14.7 Å². The number of hydrogen-bond acceptors (Lipinski definition) is 5. The highest BCUT2D eigenvalue weighted by molar-refractivity contribution is 6.39. The lowest BCUT2D eigenvalue weighted by molar-refractivity contribution is 0.167. The van der Waals surface area contributed by atoms with E-state index in [1.54, 1.807) is 24.3 Å². The molecule has 1 N–H and O–H groups in total. The zero-order chi connectivity index (χ0) is 19.7. The van der Waals surface area contributed by atoms with E-state index in [2.05, 4.69) is 15.3 Å². The molecule has 28 heavy (non-hydrogen) atoms. The third-order valence-electron chi connectivity index (χ3n) is 4.12. The molecule has 0 aliphatic carbocycles. The molecule has 2 aromatic heterocycles. The molecule has 0 atom stereocenters. The van der Waals surface area contributed by atoms with E-state index in [-0.39, 0.29) is 11.5 Å². The summed E-state index contributed by atoms with van der Waals surface area (Å²) >= 11 is 12.8.